The fraction of sp³-hybridized carbons (Fsp3) is 0.419. The van der Waals surface area contributed by atoms with Gasteiger partial charge in [0, 0.05) is 23.5 Å². The van der Waals surface area contributed by atoms with Crippen molar-refractivity contribution in [2.75, 3.05) is 26.7 Å². The summed E-state index contributed by atoms with van der Waals surface area (Å²) in [7, 11) is 1.60. The molecule has 37 heavy (non-hydrogen) atoms. The molecule has 2 aromatic carbocycles. The Kier molecular flexibility index (Phi) is 8.38. The minimum Gasteiger partial charge on any atom is -0.497 e. The monoisotopic (exact) mass is 518 g/mol. The summed E-state index contributed by atoms with van der Waals surface area (Å²) in [4.78, 5) is 32.3. The molecule has 0 spiro atoms. The number of methoxy groups -OCH3 is 1. The number of benzene rings is 2. The molecule has 0 bridgehead atoms. The summed E-state index contributed by atoms with van der Waals surface area (Å²) in [6.45, 7) is 9.99. The van der Waals surface area contributed by atoms with E-state index in [2.05, 4.69) is 63.4 Å². The molecule has 0 aliphatic carbocycles. The van der Waals surface area contributed by atoms with Crippen molar-refractivity contribution in [1.82, 2.24) is 9.80 Å². The third-order valence-electron chi connectivity index (χ3n) is 7.11. The summed E-state index contributed by atoms with van der Waals surface area (Å²) in [5.41, 5.74) is 4.22. The van der Waals surface area contributed by atoms with Gasteiger partial charge in [0.15, 0.2) is 0 Å². The van der Waals surface area contributed by atoms with E-state index in [0.29, 0.717) is 24.4 Å². The fourth-order valence-corrected chi connectivity index (χ4v) is 5.79. The molecule has 5 nitrogen and oxygen atoms in total. The lowest BCUT2D eigenvalue weighted by molar-refractivity contribution is -0.134. The van der Waals surface area contributed by atoms with Crippen molar-refractivity contribution in [3.63, 3.8) is 0 Å². The molecule has 1 aliphatic rings. The number of hydrogen-bond acceptors (Lipinski definition) is 4. The van der Waals surface area contributed by atoms with Gasteiger partial charge in [-0.05, 0) is 70.7 Å². The number of nitrogens with zero attached hydrogens (tertiary/aromatic N) is 2. The number of fused-ring (bicyclic) bond motifs is 1. The van der Waals surface area contributed by atoms with Crippen LogP contribution in [0.25, 0.3) is 0 Å². The Morgan fingerprint density at radius 3 is 2.38 bits per heavy atom. The SMILES string of the molecule is CCCCN(CC(=O)N1CCc2sccc2C1c1ccc(C(C)(C)C)cc1)C(=O)c1ccc(OC)cc1. The van der Waals surface area contributed by atoms with Crippen molar-refractivity contribution in [2.45, 2.75) is 58.4 Å². The van der Waals surface area contributed by atoms with Gasteiger partial charge in [-0.15, -0.1) is 11.3 Å². The standard InChI is InChI=1S/C31H38N2O3S/c1-6-7-18-32(30(35)23-10-14-25(36-5)15-11-23)21-28(34)33-19-16-27-26(17-20-37-27)29(33)22-8-12-24(13-9-22)31(2,3)4/h8-15,17,20,29H,6-7,16,18-19,21H2,1-5H3. The minimum absolute atomic E-state index is 0.0142. The van der Waals surface area contributed by atoms with Crippen molar-refractivity contribution in [1.29, 1.82) is 0 Å². The van der Waals surface area contributed by atoms with Gasteiger partial charge in [-0.25, -0.2) is 0 Å². The smallest absolute Gasteiger partial charge is 0.254 e. The summed E-state index contributed by atoms with van der Waals surface area (Å²) >= 11 is 1.76. The molecule has 6 heteroatoms. The topological polar surface area (TPSA) is 49.9 Å². The number of thiophene rings is 1. The Bertz CT molecular complexity index is 1210. The lowest BCUT2D eigenvalue weighted by Gasteiger charge is -2.38. The molecule has 1 unspecified atom stereocenters. The molecular formula is C31H38N2O3S. The van der Waals surface area contributed by atoms with Crippen LogP contribution >= 0.6 is 11.3 Å². The van der Waals surface area contributed by atoms with Crippen LogP contribution in [0.5, 0.6) is 5.75 Å². The lowest BCUT2D eigenvalue weighted by atomic mass is 9.85. The predicted octanol–water partition coefficient (Wildman–Crippen LogP) is 6.47. The van der Waals surface area contributed by atoms with Crippen LogP contribution in [0.2, 0.25) is 0 Å². The maximum Gasteiger partial charge on any atom is 0.254 e. The van der Waals surface area contributed by atoms with E-state index in [1.165, 1.54) is 16.0 Å². The zero-order valence-electron chi connectivity index (χ0n) is 22.6. The molecule has 1 aromatic heterocycles. The highest BCUT2D eigenvalue weighted by Crippen LogP contribution is 2.38. The summed E-state index contributed by atoms with van der Waals surface area (Å²) < 4.78 is 5.24. The average Bonchev–Trinajstić information content (AvgIpc) is 3.38. The van der Waals surface area contributed by atoms with Crippen LogP contribution in [0.4, 0.5) is 0 Å². The molecule has 196 valence electrons. The molecule has 0 fully saturated rings. The lowest BCUT2D eigenvalue weighted by Crippen LogP contribution is -2.47. The summed E-state index contributed by atoms with van der Waals surface area (Å²) in [5, 5.41) is 2.12. The molecule has 2 heterocycles. The van der Waals surface area contributed by atoms with Crippen molar-refractivity contribution in [3.8, 4) is 5.75 Å². The Labute approximate surface area is 225 Å². The largest absolute Gasteiger partial charge is 0.497 e. The molecule has 0 radical (unpaired) electrons. The van der Waals surface area contributed by atoms with Gasteiger partial charge in [0.2, 0.25) is 5.91 Å². The molecule has 0 saturated heterocycles. The fourth-order valence-electron chi connectivity index (χ4n) is 4.88. The van der Waals surface area contributed by atoms with E-state index in [0.717, 1.165) is 24.8 Å². The Morgan fingerprint density at radius 1 is 1.05 bits per heavy atom. The van der Waals surface area contributed by atoms with E-state index in [-0.39, 0.29) is 29.8 Å². The molecule has 2 amide bonds. The second-order valence-electron chi connectivity index (χ2n) is 10.7. The molecule has 1 atom stereocenters. The zero-order valence-corrected chi connectivity index (χ0v) is 23.4. The highest BCUT2D eigenvalue weighted by atomic mass is 32.1. The van der Waals surface area contributed by atoms with Crippen molar-refractivity contribution < 1.29 is 14.3 Å². The first-order valence-electron chi connectivity index (χ1n) is 13.1. The number of carbonyl (C=O) groups excluding carboxylic acids is 2. The van der Waals surface area contributed by atoms with Crippen LogP contribution in [0.3, 0.4) is 0 Å². The number of rotatable bonds is 8. The van der Waals surface area contributed by atoms with Gasteiger partial charge in [-0.3, -0.25) is 9.59 Å². The van der Waals surface area contributed by atoms with Crippen molar-refractivity contribution in [2.24, 2.45) is 0 Å². The zero-order chi connectivity index (χ0) is 26.6. The van der Waals surface area contributed by atoms with Crippen LogP contribution in [0, 0.1) is 0 Å². The highest BCUT2D eigenvalue weighted by molar-refractivity contribution is 7.10. The number of unbranched alkanes of at least 4 members (excludes halogenated alkanes) is 1. The first-order chi connectivity index (χ1) is 17.7. The quantitative estimate of drug-likeness (QED) is 0.343. The maximum absolute atomic E-state index is 13.9. The van der Waals surface area contributed by atoms with Crippen LogP contribution < -0.4 is 4.74 Å². The minimum atomic E-state index is -0.138. The van der Waals surface area contributed by atoms with Crippen molar-refractivity contribution >= 4 is 23.2 Å². The van der Waals surface area contributed by atoms with E-state index in [1.807, 2.05) is 4.90 Å². The maximum atomic E-state index is 13.9. The van der Waals surface area contributed by atoms with E-state index >= 15 is 0 Å². The van der Waals surface area contributed by atoms with Gasteiger partial charge in [0.1, 0.15) is 12.3 Å². The Balaban J connectivity index is 1.60. The van der Waals surface area contributed by atoms with Gasteiger partial charge < -0.3 is 14.5 Å². The molecule has 0 N–H and O–H groups in total. The van der Waals surface area contributed by atoms with E-state index in [1.54, 1.807) is 47.6 Å². The third kappa shape index (κ3) is 6.07. The summed E-state index contributed by atoms with van der Waals surface area (Å²) in [6, 6.07) is 17.8. The van der Waals surface area contributed by atoms with Crippen LogP contribution in [-0.2, 0) is 16.6 Å². The predicted molar refractivity (Wildman–Crippen MR) is 151 cm³/mol. The second kappa shape index (κ2) is 11.5. The summed E-state index contributed by atoms with van der Waals surface area (Å²) in [5.74, 6) is 0.566. The molecular weight excluding hydrogens is 480 g/mol. The third-order valence-corrected chi connectivity index (χ3v) is 8.11. The molecule has 0 saturated carbocycles. The number of hydrogen-bond donors (Lipinski definition) is 0. The number of ether oxygens (including phenoxy) is 1. The van der Waals surface area contributed by atoms with E-state index < -0.39 is 0 Å². The number of amides is 2. The van der Waals surface area contributed by atoms with E-state index in [4.69, 9.17) is 4.74 Å². The molecule has 1 aliphatic heterocycles. The second-order valence-corrected chi connectivity index (χ2v) is 11.7. The van der Waals surface area contributed by atoms with Gasteiger partial charge in [0.05, 0.1) is 13.2 Å². The first kappa shape index (κ1) is 26.9. The highest BCUT2D eigenvalue weighted by Gasteiger charge is 2.34. The molecule has 3 aromatic rings. The van der Waals surface area contributed by atoms with Crippen molar-refractivity contribution in [3.05, 3.63) is 87.1 Å². The van der Waals surface area contributed by atoms with Crippen LogP contribution in [0.1, 0.15) is 78.5 Å². The van der Waals surface area contributed by atoms with Crippen LogP contribution in [-0.4, -0.2) is 48.4 Å². The Hall–Kier alpha value is -3.12. The number of carbonyl (C=O) groups is 2. The Morgan fingerprint density at radius 2 is 1.76 bits per heavy atom. The van der Waals surface area contributed by atoms with Gasteiger partial charge in [-0.2, -0.15) is 0 Å². The molecule has 4 rings (SSSR count). The first-order valence-corrected chi connectivity index (χ1v) is 14.0. The van der Waals surface area contributed by atoms with Crippen LogP contribution in [0.15, 0.2) is 60.0 Å². The van der Waals surface area contributed by atoms with Gasteiger partial charge in [-0.1, -0.05) is 58.4 Å². The van der Waals surface area contributed by atoms with E-state index in [9.17, 15) is 9.59 Å². The van der Waals surface area contributed by atoms with Gasteiger partial charge >= 0.3 is 0 Å². The van der Waals surface area contributed by atoms with Gasteiger partial charge in [0.25, 0.3) is 5.91 Å². The summed E-state index contributed by atoms with van der Waals surface area (Å²) in [6.07, 6.45) is 2.64. The normalized spacial score (nSPS) is 15.3. The average molecular weight is 519 g/mol.